The third-order valence-electron chi connectivity index (χ3n) is 6.42. The molecule has 5 rings (SSSR count). The first-order valence-corrected chi connectivity index (χ1v) is 12.9. The zero-order chi connectivity index (χ0) is 24.4. The fraction of sp³-hybridized carbons (Fsp3) is 0.320. The zero-order valence-electron chi connectivity index (χ0n) is 19.1. The molecular formula is C25H25N5O4S. The van der Waals surface area contributed by atoms with E-state index in [1.165, 1.54) is 28.6 Å². The number of carbonyl (C=O) groups excluding carboxylic acids is 1. The van der Waals surface area contributed by atoms with E-state index in [9.17, 15) is 13.2 Å². The molecule has 35 heavy (non-hydrogen) atoms. The highest BCUT2D eigenvalue weighted by atomic mass is 32.2. The van der Waals surface area contributed by atoms with Crippen LogP contribution in [0.4, 0.5) is 5.82 Å². The second-order valence-corrected chi connectivity index (χ2v) is 10.4. The van der Waals surface area contributed by atoms with Crippen molar-refractivity contribution in [2.24, 2.45) is 0 Å². The first-order chi connectivity index (χ1) is 17.0. The van der Waals surface area contributed by atoms with Crippen molar-refractivity contribution in [3.05, 3.63) is 65.7 Å². The van der Waals surface area contributed by atoms with Crippen molar-refractivity contribution in [1.82, 2.24) is 14.2 Å². The number of anilines is 1. The summed E-state index contributed by atoms with van der Waals surface area (Å²) in [5.74, 6) is 0.617. The smallest absolute Gasteiger partial charge is 0.254 e. The first-order valence-electron chi connectivity index (χ1n) is 11.5. The number of piperazine rings is 1. The van der Waals surface area contributed by atoms with E-state index in [1.807, 2.05) is 41.3 Å². The molecule has 180 valence electrons. The number of hydrogen-bond donors (Lipinski definition) is 0. The van der Waals surface area contributed by atoms with Crippen molar-refractivity contribution in [1.29, 1.82) is 5.26 Å². The van der Waals surface area contributed by atoms with Crippen molar-refractivity contribution in [2.45, 2.75) is 4.90 Å². The normalized spacial score (nSPS) is 17.3. The standard InChI is InChI=1S/C25H25N5O4S/c26-18-19-5-7-20(8-6-19)35(32,33)30-11-9-28(10-12-30)24-17-22(21-3-1-2-4-23(21)27-24)25(31)29-13-15-34-16-14-29/h1-8,17H,9-16H2. The molecule has 0 aliphatic carbocycles. The van der Waals surface area contributed by atoms with E-state index in [-0.39, 0.29) is 10.8 Å². The lowest BCUT2D eigenvalue weighted by atomic mass is 10.1. The number of morpholine rings is 1. The van der Waals surface area contributed by atoms with Gasteiger partial charge in [-0.3, -0.25) is 4.79 Å². The Labute approximate surface area is 204 Å². The van der Waals surface area contributed by atoms with Gasteiger partial charge in [0.05, 0.1) is 40.8 Å². The molecule has 10 heteroatoms. The molecule has 9 nitrogen and oxygen atoms in total. The van der Waals surface area contributed by atoms with Gasteiger partial charge in [0.15, 0.2) is 0 Å². The lowest BCUT2D eigenvalue weighted by Crippen LogP contribution is -2.49. The average Bonchev–Trinajstić information content (AvgIpc) is 2.92. The molecule has 2 aliphatic rings. The molecule has 1 amide bonds. The van der Waals surface area contributed by atoms with Crippen molar-refractivity contribution >= 4 is 32.7 Å². The second kappa shape index (κ2) is 9.62. The summed E-state index contributed by atoms with van der Waals surface area (Å²) in [6.07, 6.45) is 0. The molecule has 0 bridgehead atoms. The van der Waals surface area contributed by atoms with Gasteiger partial charge < -0.3 is 14.5 Å². The van der Waals surface area contributed by atoms with Gasteiger partial charge in [0.2, 0.25) is 10.0 Å². The molecule has 0 atom stereocenters. The van der Waals surface area contributed by atoms with Gasteiger partial charge in [0.25, 0.3) is 5.91 Å². The molecule has 0 unspecified atom stereocenters. The van der Waals surface area contributed by atoms with Gasteiger partial charge in [-0.25, -0.2) is 13.4 Å². The summed E-state index contributed by atoms with van der Waals surface area (Å²) in [6.45, 7) is 3.65. The minimum Gasteiger partial charge on any atom is -0.378 e. The van der Waals surface area contributed by atoms with Crippen LogP contribution in [0.25, 0.3) is 10.9 Å². The minimum atomic E-state index is -3.66. The Bertz CT molecular complexity index is 1390. The van der Waals surface area contributed by atoms with Crippen molar-refractivity contribution in [2.75, 3.05) is 57.4 Å². The SMILES string of the molecule is N#Cc1ccc(S(=O)(=O)N2CCN(c3cc(C(=O)N4CCOCC4)c4ccccc4n3)CC2)cc1. The molecule has 0 N–H and O–H groups in total. The van der Waals surface area contributed by atoms with Crippen LogP contribution in [-0.2, 0) is 14.8 Å². The van der Waals surface area contributed by atoms with E-state index in [0.29, 0.717) is 69.4 Å². The van der Waals surface area contributed by atoms with Crippen molar-refractivity contribution in [3.63, 3.8) is 0 Å². The van der Waals surface area contributed by atoms with Gasteiger partial charge in [0.1, 0.15) is 5.82 Å². The van der Waals surface area contributed by atoms with Gasteiger partial charge in [0, 0.05) is 44.7 Å². The molecule has 0 spiro atoms. The third kappa shape index (κ3) is 4.58. The van der Waals surface area contributed by atoms with Gasteiger partial charge in [-0.1, -0.05) is 18.2 Å². The molecule has 0 saturated carbocycles. The van der Waals surface area contributed by atoms with Crippen LogP contribution in [0.15, 0.2) is 59.5 Å². The van der Waals surface area contributed by atoms with Crippen LogP contribution < -0.4 is 4.90 Å². The molecular weight excluding hydrogens is 466 g/mol. The number of aromatic nitrogens is 1. The number of rotatable bonds is 4. The summed E-state index contributed by atoms with van der Waals surface area (Å²) >= 11 is 0. The number of para-hydroxylation sites is 1. The summed E-state index contributed by atoms with van der Waals surface area (Å²) in [6, 6.07) is 17.4. The van der Waals surface area contributed by atoms with Crippen LogP contribution in [0.5, 0.6) is 0 Å². The number of amides is 1. The summed E-state index contributed by atoms with van der Waals surface area (Å²) in [4.78, 5) is 22.1. The number of ether oxygens (including phenoxy) is 1. The second-order valence-electron chi connectivity index (χ2n) is 8.48. The van der Waals surface area contributed by atoms with E-state index >= 15 is 0 Å². The number of hydrogen-bond acceptors (Lipinski definition) is 7. The highest BCUT2D eigenvalue weighted by Gasteiger charge is 2.30. The van der Waals surface area contributed by atoms with Crippen LogP contribution in [0.3, 0.4) is 0 Å². The summed E-state index contributed by atoms with van der Waals surface area (Å²) < 4.78 is 33.0. The predicted molar refractivity (Wildman–Crippen MR) is 131 cm³/mol. The van der Waals surface area contributed by atoms with E-state index in [0.717, 1.165) is 10.9 Å². The lowest BCUT2D eigenvalue weighted by molar-refractivity contribution is 0.0304. The minimum absolute atomic E-state index is 0.0461. The lowest BCUT2D eigenvalue weighted by Gasteiger charge is -2.35. The van der Waals surface area contributed by atoms with E-state index in [2.05, 4.69) is 0 Å². The molecule has 2 fully saturated rings. The van der Waals surface area contributed by atoms with Crippen LogP contribution in [0.1, 0.15) is 15.9 Å². The highest BCUT2D eigenvalue weighted by molar-refractivity contribution is 7.89. The molecule has 2 aliphatic heterocycles. The van der Waals surface area contributed by atoms with Gasteiger partial charge >= 0.3 is 0 Å². The summed E-state index contributed by atoms with van der Waals surface area (Å²) in [5, 5.41) is 9.76. The van der Waals surface area contributed by atoms with E-state index in [4.69, 9.17) is 15.0 Å². The monoisotopic (exact) mass is 491 g/mol. The molecule has 2 aromatic carbocycles. The van der Waals surface area contributed by atoms with E-state index < -0.39 is 10.0 Å². The highest BCUT2D eigenvalue weighted by Crippen LogP contribution is 2.26. The number of pyridine rings is 1. The van der Waals surface area contributed by atoms with Crippen LogP contribution in [0, 0.1) is 11.3 Å². The molecule has 3 heterocycles. The van der Waals surface area contributed by atoms with E-state index in [1.54, 1.807) is 4.90 Å². The maximum Gasteiger partial charge on any atom is 0.254 e. The molecule has 3 aromatic rings. The topological polar surface area (TPSA) is 107 Å². The maximum absolute atomic E-state index is 13.4. The largest absolute Gasteiger partial charge is 0.378 e. The third-order valence-corrected chi connectivity index (χ3v) is 8.33. The fourth-order valence-electron chi connectivity index (χ4n) is 4.45. The number of sulfonamides is 1. The predicted octanol–water partition coefficient (Wildman–Crippen LogP) is 2.09. The molecule has 0 radical (unpaired) electrons. The maximum atomic E-state index is 13.4. The first kappa shape index (κ1) is 23.2. The van der Waals surface area contributed by atoms with Crippen molar-refractivity contribution in [3.8, 4) is 6.07 Å². The number of carbonyl (C=O) groups is 1. The van der Waals surface area contributed by atoms with Crippen LogP contribution >= 0.6 is 0 Å². The average molecular weight is 492 g/mol. The van der Waals surface area contributed by atoms with Gasteiger partial charge in [-0.05, 0) is 36.4 Å². The molecule has 2 saturated heterocycles. The van der Waals surface area contributed by atoms with Crippen LogP contribution in [0.2, 0.25) is 0 Å². The van der Waals surface area contributed by atoms with Crippen LogP contribution in [-0.4, -0.2) is 81.0 Å². The Morgan fingerprint density at radius 2 is 1.63 bits per heavy atom. The Hall–Kier alpha value is -3.52. The molecule has 1 aromatic heterocycles. The number of nitriles is 1. The Morgan fingerprint density at radius 3 is 2.31 bits per heavy atom. The fourth-order valence-corrected chi connectivity index (χ4v) is 5.87. The number of fused-ring (bicyclic) bond motifs is 1. The van der Waals surface area contributed by atoms with Crippen molar-refractivity contribution < 1.29 is 17.9 Å². The Morgan fingerprint density at radius 1 is 0.943 bits per heavy atom. The number of benzene rings is 2. The van der Waals surface area contributed by atoms with Gasteiger partial charge in [-0.15, -0.1) is 0 Å². The summed E-state index contributed by atoms with van der Waals surface area (Å²) in [5.41, 5.74) is 1.74. The zero-order valence-corrected chi connectivity index (χ0v) is 19.9. The Kier molecular flexibility index (Phi) is 6.38. The Balaban J connectivity index is 1.38. The number of nitrogens with zero attached hydrogens (tertiary/aromatic N) is 5. The summed E-state index contributed by atoms with van der Waals surface area (Å²) in [7, 11) is -3.66. The quantitative estimate of drug-likeness (QED) is 0.550. The van der Waals surface area contributed by atoms with Gasteiger partial charge in [-0.2, -0.15) is 9.57 Å².